The molecule has 0 heterocycles. The second kappa shape index (κ2) is 13.0. The summed E-state index contributed by atoms with van der Waals surface area (Å²) in [5, 5.41) is 4.67. The molecule has 34 heavy (non-hydrogen) atoms. The number of carbonyl (C=O) groups excluding carboxylic acids is 1. The van der Waals surface area contributed by atoms with Crippen LogP contribution in [0.25, 0.3) is 0 Å². The van der Waals surface area contributed by atoms with Gasteiger partial charge in [-0.3, -0.25) is 4.79 Å². The number of hydrogen-bond acceptors (Lipinski definition) is 5. The molecule has 0 unspecified atom stereocenters. The van der Waals surface area contributed by atoms with Crippen molar-refractivity contribution in [2.45, 2.75) is 26.4 Å². The van der Waals surface area contributed by atoms with Gasteiger partial charge in [0.1, 0.15) is 12.4 Å². The summed E-state index contributed by atoms with van der Waals surface area (Å²) in [6.45, 7) is 2.36. The Labute approximate surface area is 213 Å². The van der Waals surface area contributed by atoms with Crippen molar-refractivity contribution in [3.8, 4) is 17.2 Å². The number of methoxy groups -OCH3 is 1. The summed E-state index contributed by atoms with van der Waals surface area (Å²) in [6.07, 6.45) is 3.59. The van der Waals surface area contributed by atoms with E-state index < -0.39 is 0 Å². The first-order valence-electron chi connectivity index (χ1n) is 10.8. The van der Waals surface area contributed by atoms with Gasteiger partial charge >= 0.3 is 0 Å². The highest BCUT2D eigenvalue weighted by molar-refractivity contribution is 9.10. The summed E-state index contributed by atoms with van der Waals surface area (Å²) in [5.41, 5.74) is 5.41. The Hall–Kier alpha value is -3.03. The highest BCUT2D eigenvalue weighted by Crippen LogP contribution is 2.29. The van der Waals surface area contributed by atoms with Gasteiger partial charge < -0.3 is 14.2 Å². The molecule has 1 N–H and O–H groups in total. The second-order valence-corrected chi connectivity index (χ2v) is 8.71. The fraction of sp³-hybridized carbons (Fsp3) is 0.231. The van der Waals surface area contributed by atoms with Crippen molar-refractivity contribution in [2.24, 2.45) is 5.10 Å². The van der Waals surface area contributed by atoms with E-state index in [2.05, 4.69) is 33.4 Å². The van der Waals surface area contributed by atoms with Crippen molar-refractivity contribution in [3.05, 3.63) is 86.8 Å². The van der Waals surface area contributed by atoms with Gasteiger partial charge in [-0.1, -0.05) is 43.1 Å². The monoisotopic (exact) mass is 544 g/mol. The van der Waals surface area contributed by atoms with E-state index in [1.54, 1.807) is 19.2 Å². The lowest BCUT2D eigenvalue weighted by molar-refractivity contribution is -0.123. The largest absolute Gasteiger partial charge is 0.493 e. The predicted octanol–water partition coefficient (Wildman–Crippen LogP) is 6.17. The van der Waals surface area contributed by atoms with Gasteiger partial charge in [-0.25, -0.2) is 5.43 Å². The van der Waals surface area contributed by atoms with E-state index in [9.17, 15) is 4.79 Å². The topological polar surface area (TPSA) is 69.2 Å². The van der Waals surface area contributed by atoms with E-state index in [0.29, 0.717) is 28.9 Å². The van der Waals surface area contributed by atoms with E-state index in [4.69, 9.17) is 25.8 Å². The summed E-state index contributed by atoms with van der Waals surface area (Å²) < 4.78 is 17.7. The van der Waals surface area contributed by atoms with Crippen molar-refractivity contribution in [1.82, 2.24) is 5.43 Å². The lowest BCUT2D eigenvalue weighted by Gasteiger charge is -2.11. The molecular weight excluding hydrogens is 520 g/mol. The molecule has 0 radical (unpaired) electrons. The average Bonchev–Trinajstić information content (AvgIpc) is 2.83. The third-order valence-corrected chi connectivity index (χ3v) is 5.66. The normalized spacial score (nSPS) is 10.8. The molecule has 0 aromatic heterocycles. The maximum absolute atomic E-state index is 12.1. The standard InChI is InChI=1S/C26H26BrClN2O4/c1-3-4-18-7-11-23(22(27)13-18)34-17-26(31)30-29-15-20-8-12-24(25(14-20)32-2)33-16-19-5-9-21(28)10-6-19/h5-15H,3-4,16-17H2,1-2H3,(H,30,31)/b29-15+. The van der Waals surface area contributed by atoms with Crippen LogP contribution < -0.4 is 19.6 Å². The first-order valence-corrected chi connectivity index (χ1v) is 11.9. The Bertz CT molecular complexity index is 1140. The minimum Gasteiger partial charge on any atom is -0.493 e. The van der Waals surface area contributed by atoms with Crippen LogP contribution in [0, 0.1) is 0 Å². The van der Waals surface area contributed by atoms with Crippen LogP contribution in [-0.2, 0) is 17.8 Å². The highest BCUT2D eigenvalue weighted by Gasteiger charge is 2.08. The van der Waals surface area contributed by atoms with Crippen molar-refractivity contribution < 1.29 is 19.0 Å². The third-order valence-electron chi connectivity index (χ3n) is 4.79. The van der Waals surface area contributed by atoms with Crippen molar-refractivity contribution in [3.63, 3.8) is 0 Å². The Morgan fingerprint density at radius 3 is 2.44 bits per heavy atom. The number of benzene rings is 3. The number of halogens is 2. The smallest absolute Gasteiger partial charge is 0.277 e. The molecule has 6 nitrogen and oxygen atoms in total. The van der Waals surface area contributed by atoms with Crippen molar-refractivity contribution in [1.29, 1.82) is 0 Å². The van der Waals surface area contributed by atoms with Crippen molar-refractivity contribution in [2.75, 3.05) is 13.7 Å². The van der Waals surface area contributed by atoms with Crippen LogP contribution in [0.2, 0.25) is 5.02 Å². The number of aryl methyl sites for hydroxylation is 1. The van der Waals surface area contributed by atoms with Crippen LogP contribution in [0.3, 0.4) is 0 Å². The third kappa shape index (κ3) is 7.78. The van der Waals surface area contributed by atoms with Crippen LogP contribution in [-0.4, -0.2) is 25.8 Å². The molecule has 0 atom stereocenters. The van der Waals surface area contributed by atoms with Crippen molar-refractivity contribution >= 4 is 39.7 Å². The van der Waals surface area contributed by atoms with Gasteiger partial charge in [0.15, 0.2) is 18.1 Å². The van der Waals surface area contributed by atoms with E-state index in [1.165, 1.54) is 11.8 Å². The number of nitrogens with one attached hydrogen (secondary N) is 1. The van der Waals surface area contributed by atoms with Crippen LogP contribution in [0.5, 0.6) is 17.2 Å². The quantitative estimate of drug-likeness (QED) is 0.231. The molecule has 0 fully saturated rings. The van der Waals surface area contributed by atoms with Gasteiger partial charge in [-0.05, 0) is 81.5 Å². The summed E-state index contributed by atoms with van der Waals surface area (Å²) >= 11 is 9.40. The summed E-state index contributed by atoms with van der Waals surface area (Å²) in [4.78, 5) is 12.1. The maximum Gasteiger partial charge on any atom is 0.277 e. The zero-order valence-electron chi connectivity index (χ0n) is 19.0. The number of carbonyl (C=O) groups is 1. The molecule has 3 aromatic carbocycles. The zero-order chi connectivity index (χ0) is 24.3. The number of hydrogen-bond donors (Lipinski definition) is 1. The van der Waals surface area contributed by atoms with Gasteiger partial charge in [0.05, 0.1) is 17.8 Å². The van der Waals surface area contributed by atoms with Gasteiger partial charge in [0.2, 0.25) is 0 Å². The molecule has 1 amide bonds. The van der Waals surface area contributed by atoms with Crippen LogP contribution in [0.4, 0.5) is 0 Å². The fourth-order valence-corrected chi connectivity index (χ4v) is 3.75. The molecule has 0 saturated carbocycles. The Balaban J connectivity index is 1.50. The van der Waals surface area contributed by atoms with E-state index in [1.807, 2.05) is 48.5 Å². The molecule has 0 saturated heterocycles. The molecule has 8 heteroatoms. The summed E-state index contributed by atoms with van der Waals surface area (Å²) in [7, 11) is 1.57. The highest BCUT2D eigenvalue weighted by atomic mass is 79.9. The maximum atomic E-state index is 12.1. The van der Waals surface area contributed by atoms with Crippen LogP contribution in [0.1, 0.15) is 30.0 Å². The van der Waals surface area contributed by atoms with E-state index in [-0.39, 0.29) is 12.5 Å². The lowest BCUT2D eigenvalue weighted by Crippen LogP contribution is -2.24. The van der Waals surface area contributed by atoms with Gasteiger partial charge in [0.25, 0.3) is 5.91 Å². The fourth-order valence-electron chi connectivity index (χ4n) is 3.09. The minimum atomic E-state index is -0.365. The van der Waals surface area contributed by atoms with E-state index >= 15 is 0 Å². The Morgan fingerprint density at radius 2 is 1.74 bits per heavy atom. The number of amides is 1. The molecule has 0 aliphatic heterocycles. The van der Waals surface area contributed by atoms with Gasteiger partial charge in [0, 0.05) is 5.02 Å². The number of ether oxygens (including phenoxy) is 3. The Morgan fingerprint density at radius 1 is 1.00 bits per heavy atom. The van der Waals surface area contributed by atoms with Crippen LogP contribution >= 0.6 is 27.5 Å². The second-order valence-electron chi connectivity index (χ2n) is 7.42. The number of rotatable bonds is 11. The molecule has 178 valence electrons. The van der Waals surface area contributed by atoms with Gasteiger partial charge in [-0.2, -0.15) is 5.10 Å². The van der Waals surface area contributed by atoms with E-state index in [0.717, 1.165) is 28.4 Å². The predicted molar refractivity (Wildman–Crippen MR) is 138 cm³/mol. The molecule has 0 aliphatic rings. The number of hydrazone groups is 1. The average molecular weight is 546 g/mol. The first kappa shape index (κ1) is 25.6. The summed E-state index contributed by atoms with van der Waals surface area (Å²) in [5.74, 6) is 1.40. The number of nitrogens with zero attached hydrogens (tertiary/aromatic N) is 1. The molecule has 0 bridgehead atoms. The SMILES string of the molecule is CCCc1ccc(OCC(=O)N/N=C/c2ccc(OCc3ccc(Cl)cc3)c(OC)c2)c(Br)c1. The minimum absolute atomic E-state index is 0.149. The first-order chi connectivity index (χ1) is 16.5. The lowest BCUT2D eigenvalue weighted by atomic mass is 10.1. The zero-order valence-corrected chi connectivity index (χ0v) is 21.4. The molecular formula is C26H26BrClN2O4. The molecule has 3 aromatic rings. The molecule has 0 spiro atoms. The Kier molecular flexibility index (Phi) is 9.79. The molecule has 3 rings (SSSR count). The molecule has 0 aliphatic carbocycles. The summed E-state index contributed by atoms with van der Waals surface area (Å²) in [6, 6.07) is 18.7. The van der Waals surface area contributed by atoms with Gasteiger partial charge in [-0.15, -0.1) is 0 Å². The van der Waals surface area contributed by atoms with Crippen LogP contribution in [0.15, 0.2) is 70.2 Å².